The number of nitrogens with one attached hydrogen (secondary N) is 1. The topological polar surface area (TPSA) is 15.3 Å². The maximum Gasteiger partial charge on any atom is 0.0201 e. The second-order valence-corrected chi connectivity index (χ2v) is 5.60. The summed E-state index contributed by atoms with van der Waals surface area (Å²) < 4.78 is 0. The van der Waals surface area contributed by atoms with Gasteiger partial charge in [-0.25, -0.2) is 0 Å². The van der Waals surface area contributed by atoms with E-state index in [2.05, 4.69) is 17.1 Å². The first-order chi connectivity index (χ1) is 7.78. The lowest BCUT2D eigenvalue weighted by molar-refractivity contribution is 0.184. The summed E-state index contributed by atoms with van der Waals surface area (Å²) in [6.45, 7) is 6.84. The molecule has 0 spiro atoms. The molecule has 1 saturated carbocycles. The van der Waals surface area contributed by atoms with Crippen molar-refractivity contribution < 1.29 is 0 Å². The Kier molecular flexibility index (Phi) is 4.68. The van der Waals surface area contributed by atoms with Crippen molar-refractivity contribution in [1.82, 2.24) is 10.2 Å². The lowest BCUT2D eigenvalue weighted by Gasteiger charge is -2.33. The highest BCUT2D eigenvalue weighted by Gasteiger charge is 2.24. The van der Waals surface area contributed by atoms with Crippen LogP contribution in [0.2, 0.25) is 0 Å². The summed E-state index contributed by atoms with van der Waals surface area (Å²) in [4.78, 5) is 2.54. The Hall–Kier alpha value is -0.0500. The van der Waals surface area contributed by atoms with Crippen LogP contribution in [0.4, 0.5) is 0 Å². The van der Waals surface area contributed by atoms with E-state index in [1.54, 1.807) is 5.54 Å². The third kappa shape index (κ3) is 4.08. The minimum Gasteiger partial charge on any atom is -0.314 e. The van der Waals surface area contributed by atoms with Gasteiger partial charge in [-0.3, -0.25) is 4.90 Å². The van der Waals surface area contributed by atoms with Gasteiger partial charge in [0.2, 0.25) is 0 Å². The number of piperidine rings is 1. The minimum absolute atomic E-state index is 0.845. The molecule has 0 aromatic rings. The number of hydrogen-bond donors (Lipinski definition) is 1. The van der Waals surface area contributed by atoms with Crippen LogP contribution in [-0.4, -0.2) is 37.1 Å². The van der Waals surface area contributed by atoms with Crippen LogP contribution in [0, 0.1) is 5.92 Å². The molecule has 1 aliphatic carbocycles. The SMILES string of the molecule is CC(=CCl)CN1CCCC(CNC2CC2)C1. The summed E-state index contributed by atoms with van der Waals surface area (Å²) in [6.07, 6.45) is 5.52. The van der Waals surface area contributed by atoms with Gasteiger partial charge in [-0.05, 0) is 57.2 Å². The van der Waals surface area contributed by atoms with Crippen molar-refractivity contribution in [1.29, 1.82) is 0 Å². The normalized spacial score (nSPS) is 28.4. The molecule has 1 saturated heterocycles. The molecule has 92 valence electrons. The number of nitrogens with zero attached hydrogens (tertiary/aromatic N) is 1. The van der Waals surface area contributed by atoms with Gasteiger partial charge in [0, 0.05) is 24.7 Å². The van der Waals surface area contributed by atoms with E-state index in [1.807, 2.05) is 0 Å². The zero-order valence-electron chi connectivity index (χ0n) is 10.2. The molecular formula is C13H23ClN2. The minimum atomic E-state index is 0.845. The van der Waals surface area contributed by atoms with Crippen LogP contribution in [0.15, 0.2) is 11.1 Å². The van der Waals surface area contributed by atoms with Crippen molar-refractivity contribution in [2.75, 3.05) is 26.2 Å². The van der Waals surface area contributed by atoms with E-state index in [4.69, 9.17) is 11.6 Å². The zero-order valence-corrected chi connectivity index (χ0v) is 11.0. The Morgan fingerprint density at radius 1 is 1.44 bits per heavy atom. The molecule has 3 heteroatoms. The molecule has 1 aliphatic heterocycles. The lowest BCUT2D eigenvalue weighted by Crippen LogP contribution is -2.40. The van der Waals surface area contributed by atoms with Gasteiger partial charge in [-0.1, -0.05) is 11.6 Å². The van der Waals surface area contributed by atoms with Crippen LogP contribution in [0.1, 0.15) is 32.6 Å². The van der Waals surface area contributed by atoms with E-state index in [1.165, 1.54) is 50.9 Å². The van der Waals surface area contributed by atoms with Crippen molar-refractivity contribution >= 4 is 11.6 Å². The molecule has 1 N–H and O–H groups in total. The van der Waals surface area contributed by atoms with Gasteiger partial charge < -0.3 is 5.32 Å². The van der Waals surface area contributed by atoms with Crippen LogP contribution >= 0.6 is 11.6 Å². The first-order valence-electron chi connectivity index (χ1n) is 6.49. The van der Waals surface area contributed by atoms with E-state index in [9.17, 15) is 0 Å². The van der Waals surface area contributed by atoms with Crippen LogP contribution in [0.25, 0.3) is 0 Å². The van der Waals surface area contributed by atoms with E-state index in [-0.39, 0.29) is 0 Å². The number of rotatable bonds is 5. The molecule has 16 heavy (non-hydrogen) atoms. The summed E-state index contributed by atoms with van der Waals surface area (Å²) in [5.74, 6) is 0.845. The van der Waals surface area contributed by atoms with Crippen LogP contribution in [-0.2, 0) is 0 Å². The zero-order chi connectivity index (χ0) is 11.4. The molecule has 0 radical (unpaired) electrons. The first-order valence-corrected chi connectivity index (χ1v) is 6.93. The van der Waals surface area contributed by atoms with Gasteiger partial charge in [0.05, 0.1) is 0 Å². The third-order valence-electron chi connectivity index (χ3n) is 3.53. The average Bonchev–Trinajstić information content (AvgIpc) is 3.10. The Bertz CT molecular complexity index is 248. The number of halogens is 1. The van der Waals surface area contributed by atoms with Gasteiger partial charge in [0.1, 0.15) is 0 Å². The van der Waals surface area contributed by atoms with Crippen molar-refractivity contribution in [3.05, 3.63) is 11.1 Å². The molecule has 0 bridgehead atoms. The summed E-state index contributed by atoms with van der Waals surface area (Å²) in [6, 6.07) is 0.847. The van der Waals surface area contributed by atoms with Crippen LogP contribution < -0.4 is 5.32 Å². The van der Waals surface area contributed by atoms with E-state index < -0.39 is 0 Å². The molecule has 1 unspecified atom stereocenters. The quantitative estimate of drug-likeness (QED) is 0.797. The fourth-order valence-corrected chi connectivity index (χ4v) is 2.54. The third-order valence-corrected chi connectivity index (χ3v) is 3.91. The fourth-order valence-electron chi connectivity index (χ4n) is 2.47. The number of likely N-dealkylation sites (tertiary alicyclic amines) is 1. The predicted octanol–water partition coefficient (Wildman–Crippen LogP) is 2.59. The highest BCUT2D eigenvalue weighted by molar-refractivity contribution is 6.25. The Morgan fingerprint density at radius 2 is 2.25 bits per heavy atom. The largest absolute Gasteiger partial charge is 0.314 e. The number of hydrogen-bond acceptors (Lipinski definition) is 2. The monoisotopic (exact) mass is 242 g/mol. The van der Waals surface area contributed by atoms with Crippen molar-refractivity contribution in [2.45, 2.75) is 38.6 Å². The van der Waals surface area contributed by atoms with Gasteiger partial charge in [0.25, 0.3) is 0 Å². The van der Waals surface area contributed by atoms with E-state index >= 15 is 0 Å². The summed E-state index contributed by atoms with van der Waals surface area (Å²) in [5.41, 5.74) is 2.99. The molecule has 2 rings (SSSR count). The van der Waals surface area contributed by atoms with Crippen molar-refractivity contribution in [3.8, 4) is 0 Å². The van der Waals surface area contributed by atoms with Crippen LogP contribution in [0.5, 0.6) is 0 Å². The summed E-state index contributed by atoms with van der Waals surface area (Å²) in [5, 5.41) is 3.65. The van der Waals surface area contributed by atoms with Gasteiger partial charge in [-0.2, -0.15) is 0 Å². The highest BCUT2D eigenvalue weighted by atomic mass is 35.5. The molecule has 2 aliphatic rings. The fraction of sp³-hybridized carbons (Fsp3) is 0.846. The van der Waals surface area contributed by atoms with Crippen molar-refractivity contribution in [3.63, 3.8) is 0 Å². The Labute approximate surface area is 104 Å². The van der Waals surface area contributed by atoms with Crippen LogP contribution in [0.3, 0.4) is 0 Å². The molecule has 2 fully saturated rings. The molecule has 0 aromatic carbocycles. The second kappa shape index (κ2) is 6.04. The molecule has 1 heterocycles. The summed E-state index contributed by atoms with van der Waals surface area (Å²) in [7, 11) is 0. The predicted molar refractivity (Wildman–Crippen MR) is 69.8 cm³/mol. The van der Waals surface area contributed by atoms with Gasteiger partial charge >= 0.3 is 0 Å². The molecule has 0 amide bonds. The van der Waals surface area contributed by atoms with Crippen molar-refractivity contribution in [2.24, 2.45) is 5.92 Å². The summed E-state index contributed by atoms with van der Waals surface area (Å²) >= 11 is 5.72. The maximum atomic E-state index is 5.72. The molecular weight excluding hydrogens is 220 g/mol. The first kappa shape index (κ1) is 12.4. The highest BCUT2D eigenvalue weighted by Crippen LogP contribution is 2.21. The Morgan fingerprint density at radius 3 is 2.94 bits per heavy atom. The molecule has 1 atom stereocenters. The van der Waals surface area contributed by atoms with Gasteiger partial charge in [-0.15, -0.1) is 0 Å². The van der Waals surface area contributed by atoms with E-state index in [0.29, 0.717) is 0 Å². The molecule has 0 aromatic heterocycles. The lowest BCUT2D eigenvalue weighted by atomic mass is 9.97. The van der Waals surface area contributed by atoms with Gasteiger partial charge in [0.15, 0.2) is 0 Å². The standard InChI is InChI=1S/C13H23ClN2/c1-11(7-14)9-16-6-2-3-12(10-16)8-15-13-4-5-13/h7,12-13,15H,2-6,8-10H2,1H3. The Balaban J connectivity index is 1.69. The second-order valence-electron chi connectivity index (χ2n) is 5.38. The molecule has 2 nitrogen and oxygen atoms in total. The van der Waals surface area contributed by atoms with E-state index in [0.717, 1.165) is 18.5 Å². The average molecular weight is 243 g/mol. The smallest absolute Gasteiger partial charge is 0.0201 e. The maximum absolute atomic E-state index is 5.72.